The van der Waals surface area contributed by atoms with Crippen molar-refractivity contribution in [1.29, 1.82) is 0 Å². The van der Waals surface area contributed by atoms with Gasteiger partial charge < -0.3 is 21.3 Å². The Morgan fingerprint density at radius 3 is 2.29 bits per heavy atom. The molecule has 0 aliphatic heterocycles. The number of hydrogen-bond donors (Lipinski definition) is 4. The molecule has 0 saturated heterocycles. The van der Waals surface area contributed by atoms with Crippen LogP contribution >= 0.6 is 23.8 Å². The summed E-state index contributed by atoms with van der Waals surface area (Å²) >= 11 is 10.9. The third-order valence-electron chi connectivity index (χ3n) is 2.66. The van der Waals surface area contributed by atoms with Crippen molar-refractivity contribution in [3.8, 4) is 11.5 Å². The summed E-state index contributed by atoms with van der Waals surface area (Å²) in [5.74, 6) is -0.977. The molecule has 5 N–H and O–H groups in total. The van der Waals surface area contributed by atoms with Gasteiger partial charge in [0.2, 0.25) is 0 Å². The first-order valence-electron chi connectivity index (χ1n) is 5.80. The number of halogens is 1. The second-order valence-electron chi connectivity index (χ2n) is 4.25. The number of thiocarbonyl (C=S) groups is 1. The van der Waals surface area contributed by atoms with Crippen LogP contribution < -0.4 is 11.1 Å². The number of nitrogens with two attached hydrogens (primary N) is 1. The highest BCUT2D eigenvalue weighted by Gasteiger charge is 2.12. The standard InChI is InChI=1S/C14H11ClN2O3S/c15-11-2-1-7(13(16)21)5-12(11)17-14(20)8-3-9(18)6-10(19)4-8/h1-6,18-19H,(H2,16,21)(H,17,20). The van der Waals surface area contributed by atoms with Crippen molar-refractivity contribution in [2.24, 2.45) is 5.73 Å². The summed E-state index contributed by atoms with van der Waals surface area (Å²) in [7, 11) is 0. The number of carbonyl (C=O) groups is 1. The minimum absolute atomic E-state index is 0.0873. The Kier molecular flexibility index (Phi) is 4.30. The van der Waals surface area contributed by atoms with Gasteiger partial charge in [-0.2, -0.15) is 0 Å². The molecule has 0 fully saturated rings. The molecule has 0 heterocycles. The topological polar surface area (TPSA) is 95.6 Å². The Morgan fingerprint density at radius 2 is 1.71 bits per heavy atom. The van der Waals surface area contributed by atoms with Crippen LogP contribution in [0.4, 0.5) is 5.69 Å². The van der Waals surface area contributed by atoms with Crippen molar-refractivity contribution in [2.45, 2.75) is 0 Å². The van der Waals surface area contributed by atoms with Gasteiger partial charge in [0.25, 0.3) is 5.91 Å². The van der Waals surface area contributed by atoms with Crippen LogP contribution in [0.25, 0.3) is 0 Å². The lowest BCUT2D eigenvalue weighted by molar-refractivity contribution is 0.102. The molecule has 0 bridgehead atoms. The highest BCUT2D eigenvalue weighted by atomic mass is 35.5. The van der Waals surface area contributed by atoms with Gasteiger partial charge in [0.1, 0.15) is 16.5 Å². The molecule has 0 saturated carbocycles. The van der Waals surface area contributed by atoms with Crippen LogP contribution in [0.3, 0.4) is 0 Å². The first-order chi connectivity index (χ1) is 9.86. The quantitative estimate of drug-likeness (QED) is 0.652. The zero-order chi connectivity index (χ0) is 15.6. The summed E-state index contributed by atoms with van der Waals surface area (Å²) < 4.78 is 0. The van der Waals surface area contributed by atoms with Crippen LogP contribution in [0.5, 0.6) is 11.5 Å². The molecule has 0 aliphatic carbocycles. The molecule has 7 heteroatoms. The van der Waals surface area contributed by atoms with Gasteiger partial charge in [0.15, 0.2) is 0 Å². The number of aromatic hydroxyl groups is 2. The summed E-state index contributed by atoms with van der Waals surface area (Å²) in [6.07, 6.45) is 0. The highest BCUT2D eigenvalue weighted by molar-refractivity contribution is 7.80. The number of amides is 1. The van der Waals surface area contributed by atoms with Crippen molar-refractivity contribution < 1.29 is 15.0 Å². The number of carbonyl (C=O) groups excluding carboxylic acids is 1. The largest absolute Gasteiger partial charge is 0.508 e. The average Bonchev–Trinajstić information content (AvgIpc) is 2.39. The number of phenols is 2. The third-order valence-corrected chi connectivity index (χ3v) is 3.23. The van der Waals surface area contributed by atoms with E-state index in [1.54, 1.807) is 18.2 Å². The Morgan fingerprint density at radius 1 is 1.10 bits per heavy atom. The lowest BCUT2D eigenvalue weighted by atomic mass is 10.1. The molecule has 21 heavy (non-hydrogen) atoms. The van der Waals surface area contributed by atoms with Crippen LogP contribution in [0.1, 0.15) is 15.9 Å². The zero-order valence-electron chi connectivity index (χ0n) is 10.6. The fourth-order valence-electron chi connectivity index (χ4n) is 1.70. The van der Waals surface area contributed by atoms with Gasteiger partial charge in [-0.3, -0.25) is 4.79 Å². The second-order valence-corrected chi connectivity index (χ2v) is 5.10. The van der Waals surface area contributed by atoms with E-state index in [0.29, 0.717) is 16.3 Å². The number of hydrogen-bond acceptors (Lipinski definition) is 4. The fraction of sp³-hybridized carbons (Fsp3) is 0. The maximum Gasteiger partial charge on any atom is 0.255 e. The number of rotatable bonds is 3. The molecule has 2 rings (SSSR count). The smallest absolute Gasteiger partial charge is 0.255 e. The fourth-order valence-corrected chi connectivity index (χ4v) is 1.99. The first-order valence-corrected chi connectivity index (χ1v) is 6.59. The van der Waals surface area contributed by atoms with E-state index in [4.69, 9.17) is 29.6 Å². The lowest BCUT2D eigenvalue weighted by Gasteiger charge is -2.09. The van der Waals surface area contributed by atoms with E-state index in [2.05, 4.69) is 5.32 Å². The maximum atomic E-state index is 12.1. The minimum Gasteiger partial charge on any atom is -0.508 e. The molecule has 2 aromatic rings. The molecule has 2 aromatic carbocycles. The van der Waals surface area contributed by atoms with E-state index < -0.39 is 5.91 Å². The predicted molar refractivity (Wildman–Crippen MR) is 85.1 cm³/mol. The number of nitrogens with one attached hydrogen (secondary N) is 1. The summed E-state index contributed by atoms with van der Waals surface area (Å²) in [5, 5.41) is 21.6. The van der Waals surface area contributed by atoms with Crippen molar-refractivity contribution in [3.05, 3.63) is 52.5 Å². The van der Waals surface area contributed by atoms with Crippen LogP contribution in [-0.4, -0.2) is 21.1 Å². The Balaban J connectivity index is 2.31. The molecule has 5 nitrogen and oxygen atoms in total. The number of benzene rings is 2. The van der Waals surface area contributed by atoms with Crippen LogP contribution in [0.2, 0.25) is 5.02 Å². The molecule has 0 unspecified atom stereocenters. The van der Waals surface area contributed by atoms with Gasteiger partial charge >= 0.3 is 0 Å². The van der Waals surface area contributed by atoms with Gasteiger partial charge in [-0.1, -0.05) is 29.9 Å². The zero-order valence-corrected chi connectivity index (χ0v) is 12.2. The van der Waals surface area contributed by atoms with E-state index in [0.717, 1.165) is 6.07 Å². The van der Waals surface area contributed by atoms with Crippen LogP contribution in [0, 0.1) is 0 Å². The van der Waals surface area contributed by atoms with Gasteiger partial charge in [-0.25, -0.2) is 0 Å². The molecule has 108 valence electrons. The second kappa shape index (κ2) is 5.99. The van der Waals surface area contributed by atoms with E-state index in [9.17, 15) is 15.0 Å². The monoisotopic (exact) mass is 322 g/mol. The molecule has 1 amide bonds. The van der Waals surface area contributed by atoms with Crippen molar-refractivity contribution in [1.82, 2.24) is 0 Å². The third kappa shape index (κ3) is 3.62. The van der Waals surface area contributed by atoms with Crippen molar-refractivity contribution in [2.75, 3.05) is 5.32 Å². The Bertz CT molecular complexity index is 714. The summed E-state index contributed by atoms with van der Waals surface area (Å²) in [6.45, 7) is 0. The SMILES string of the molecule is NC(=S)c1ccc(Cl)c(NC(=O)c2cc(O)cc(O)c2)c1. The van der Waals surface area contributed by atoms with Gasteiger partial charge in [-0.15, -0.1) is 0 Å². The van der Waals surface area contributed by atoms with Gasteiger partial charge in [0.05, 0.1) is 10.7 Å². The molecular weight excluding hydrogens is 312 g/mol. The van der Waals surface area contributed by atoms with E-state index >= 15 is 0 Å². The van der Waals surface area contributed by atoms with E-state index in [-0.39, 0.29) is 22.1 Å². The van der Waals surface area contributed by atoms with Crippen molar-refractivity contribution in [3.63, 3.8) is 0 Å². The molecule has 0 aromatic heterocycles. The predicted octanol–water partition coefficient (Wildman–Crippen LogP) is 2.64. The minimum atomic E-state index is -0.539. The van der Waals surface area contributed by atoms with Gasteiger partial charge in [-0.05, 0) is 24.3 Å². The normalized spacial score (nSPS) is 10.1. The van der Waals surface area contributed by atoms with Gasteiger partial charge in [0, 0.05) is 17.2 Å². The average molecular weight is 323 g/mol. The Labute approximate surface area is 131 Å². The summed E-state index contributed by atoms with van der Waals surface area (Å²) in [4.78, 5) is 12.3. The summed E-state index contributed by atoms with van der Waals surface area (Å²) in [6, 6.07) is 8.31. The molecule has 0 atom stereocenters. The number of anilines is 1. The molecule has 0 aliphatic rings. The van der Waals surface area contributed by atoms with E-state index in [1.165, 1.54) is 12.1 Å². The molecule has 0 radical (unpaired) electrons. The van der Waals surface area contributed by atoms with Crippen LogP contribution in [-0.2, 0) is 0 Å². The van der Waals surface area contributed by atoms with Crippen molar-refractivity contribution >= 4 is 40.4 Å². The first kappa shape index (κ1) is 15.1. The van der Waals surface area contributed by atoms with Crippen LogP contribution in [0.15, 0.2) is 36.4 Å². The lowest BCUT2D eigenvalue weighted by Crippen LogP contribution is -2.14. The summed E-state index contributed by atoms with van der Waals surface area (Å²) in [5.41, 5.74) is 6.50. The molecular formula is C14H11ClN2O3S. The molecule has 0 spiro atoms. The Hall–Kier alpha value is -2.31. The maximum absolute atomic E-state index is 12.1. The highest BCUT2D eigenvalue weighted by Crippen LogP contribution is 2.25. The number of phenolic OH excluding ortho intramolecular Hbond substituents is 2. The van der Waals surface area contributed by atoms with E-state index in [1.807, 2.05) is 0 Å².